The van der Waals surface area contributed by atoms with E-state index < -0.39 is 0 Å². The molecule has 1 heterocycles. The van der Waals surface area contributed by atoms with Gasteiger partial charge in [0.25, 0.3) is 0 Å². The van der Waals surface area contributed by atoms with Crippen LogP contribution in [-0.4, -0.2) is 10.8 Å². The highest BCUT2D eigenvalue weighted by atomic mass is 32.1. The van der Waals surface area contributed by atoms with Crippen molar-refractivity contribution in [3.8, 4) is 0 Å². The minimum atomic E-state index is -0.141. The molecule has 1 aromatic heterocycles. The van der Waals surface area contributed by atoms with Gasteiger partial charge in [-0.15, -0.1) is 11.3 Å². The number of hydrogen-bond donors (Lipinski definition) is 1. The molecule has 4 heteroatoms. The molecule has 3 nitrogen and oxygen atoms in total. The van der Waals surface area contributed by atoms with Gasteiger partial charge < -0.3 is 5.73 Å². The molecular formula is C16H14N2OS. The molecule has 0 aliphatic heterocycles. The van der Waals surface area contributed by atoms with Crippen LogP contribution < -0.4 is 5.73 Å². The molecular weight excluding hydrogens is 268 g/mol. The summed E-state index contributed by atoms with van der Waals surface area (Å²) in [5.41, 5.74) is 6.90. The summed E-state index contributed by atoms with van der Waals surface area (Å²) >= 11 is 1.43. The van der Waals surface area contributed by atoms with E-state index in [0.717, 1.165) is 15.8 Å². The summed E-state index contributed by atoms with van der Waals surface area (Å²) in [6, 6.07) is 13.5. The van der Waals surface area contributed by atoms with Gasteiger partial charge in [0.1, 0.15) is 10.7 Å². The van der Waals surface area contributed by atoms with Gasteiger partial charge in [-0.1, -0.05) is 36.4 Å². The molecule has 1 unspecified atom stereocenters. The number of nitrogens with zero attached hydrogens (tertiary/aromatic N) is 1. The SMILES string of the molecule is CC(N)c1nc(C(=O)c2ccc3ccccc3c2)cs1. The Kier molecular flexibility index (Phi) is 3.34. The van der Waals surface area contributed by atoms with E-state index in [2.05, 4.69) is 4.98 Å². The minimum absolute atomic E-state index is 0.0566. The Morgan fingerprint density at radius 1 is 1.20 bits per heavy atom. The normalized spacial score (nSPS) is 12.5. The summed E-state index contributed by atoms with van der Waals surface area (Å²) in [5, 5.41) is 4.74. The predicted molar refractivity (Wildman–Crippen MR) is 82.1 cm³/mol. The second-order valence-electron chi connectivity index (χ2n) is 4.75. The summed E-state index contributed by atoms with van der Waals surface area (Å²) in [5.74, 6) is -0.0566. The van der Waals surface area contributed by atoms with Crippen molar-refractivity contribution in [1.29, 1.82) is 0 Å². The van der Waals surface area contributed by atoms with Crippen molar-refractivity contribution in [2.45, 2.75) is 13.0 Å². The van der Waals surface area contributed by atoms with E-state index in [1.807, 2.05) is 49.4 Å². The average molecular weight is 282 g/mol. The predicted octanol–water partition coefficient (Wildman–Crippen LogP) is 3.55. The third-order valence-electron chi connectivity index (χ3n) is 3.16. The molecule has 0 aliphatic rings. The molecule has 0 saturated heterocycles. The topological polar surface area (TPSA) is 56.0 Å². The number of carbonyl (C=O) groups is 1. The summed E-state index contributed by atoms with van der Waals surface area (Å²) in [7, 11) is 0. The third kappa shape index (κ3) is 2.35. The Balaban J connectivity index is 1.98. The molecule has 0 spiro atoms. The van der Waals surface area contributed by atoms with Crippen molar-refractivity contribution < 1.29 is 4.79 Å². The first-order valence-corrected chi connectivity index (χ1v) is 7.27. The number of fused-ring (bicyclic) bond motifs is 1. The largest absolute Gasteiger partial charge is 0.322 e. The second kappa shape index (κ2) is 5.15. The Morgan fingerprint density at radius 2 is 1.95 bits per heavy atom. The van der Waals surface area contributed by atoms with E-state index in [1.165, 1.54) is 11.3 Å². The van der Waals surface area contributed by atoms with Gasteiger partial charge in [-0.05, 0) is 23.8 Å². The Bertz CT molecular complexity index is 777. The smallest absolute Gasteiger partial charge is 0.212 e. The monoisotopic (exact) mass is 282 g/mol. The van der Waals surface area contributed by atoms with Gasteiger partial charge in [-0.2, -0.15) is 0 Å². The lowest BCUT2D eigenvalue weighted by molar-refractivity contribution is 0.103. The fourth-order valence-corrected chi connectivity index (χ4v) is 2.84. The van der Waals surface area contributed by atoms with E-state index in [9.17, 15) is 4.79 Å². The number of aromatic nitrogens is 1. The van der Waals surface area contributed by atoms with Crippen molar-refractivity contribution in [2.24, 2.45) is 5.73 Å². The lowest BCUT2D eigenvalue weighted by atomic mass is 10.0. The summed E-state index contributed by atoms with van der Waals surface area (Å²) in [4.78, 5) is 16.7. The van der Waals surface area contributed by atoms with E-state index >= 15 is 0 Å². The average Bonchev–Trinajstić information content (AvgIpc) is 2.96. The zero-order chi connectivity index (χ0) is 14.1. The highest BCUT2D eigenvalue weighted by Crippen LogP contribution is 2.21. The van der Waals surface area contributed by atoms with Gasteiger partial charge in [0, 0.05) is 10.9 Å². The van der Waals surface area contributed by atoms with Crippen LogP contribution in [0.2, 0.25) is 0 Å². The molecule has 2 N–H and O–H groups in total. The molecule has 2 aromatic carbocycles. The van der Waals surface area contributed by atoms with Crippen LogP contribution in [0.5, 0.6) is 0 Å². The lowest BCUT2D eigenvalue weighted by Crippen LogP contribution is -2.06. The number of carbonyl (C=O) groups excluding carboxylic acids is 1. The standard InChI is InChI=1S/C16H14N2OS/c1-10(17)16-18-14(9-20-16)15(19)13-7-6-11-4-2-3-5-12(11)8-13/h2-10H,17H2,1H3. The van der Waals surface area contributed by atoms with E-state index in [1.54, 1.807) is 5.38 Å². The highest BCUT2D eigenvalue weighted by Gasteiger charge is 2.14. The van der Waals surface area contributed by atoms with E-state index in [4.69, 9.17) is 5.73 Å². The van der Waals surface area contributed by atoms with Gasteiger partial charge in [-0.25, -0.2) is 4.98 Å². The molecule has 0 fully saturated rings. The highest BCUT2D eigenvalue weighted by molar-refractivity contribution is 7.09. The second-order valence-corrected chi connectivity index (χ2v) is 5.64. The van der Waals surface area contributed by atoms with E-state index in [-0.39, 0.29) is 11.8 Å². The minimum Gasteiger partial charge on any atom is -0.322 e. The maximum atomic E-state index is 12.4. The number of hydrogen-bond acceptors (Lipinski definition) is 4. The zero-order valence-electron chi connectivity index (χ0n) is 11.0. The summed E-state index contributed by atoms with van der Waals surface area (Å²) in [6.07, 6.45) is 0. The molecule has 20 heavy (non-hydrogen) atoms. The van der Waals surface area contributed by atoms with Gasteiger partial charge in [0.2, 0.25) is 5.78 Å². The van der Waals surface area contributed by atoms with Crippen molar-refractivity contribution in [2.75, 3.05) is 0 Å². The number of rotatable bonds is 3. The van der Waals surface area contributed by atoms with Crippen LogP contribution in [0.15, 0.2) is 47.8 Å². The maximum Gasteiger partial charge on any atom is 0.212 e. The molecule has 3 aromatic rings. The Morgan fingerprint density at radius 3 is 2.65 bits per heavy atom. The molecule has 0 aliphatic carbocycles. The number of benzene rings is 2. The summed E-state index contributed by atoms with van der Waals surface area (Å²) in [6.45, 7) is 1.86. The first kappa shape index (κ1) is 13.0. The Labute approximate surface area is 121 Å². The fourth-order valence-electron chi connectivity index (χ4n) is 2.08. The summed E-state index contributed by atoms with van der Waals surface area (Å²) < 4.78 is 0. The van der Waals surface area contributed by atoms with Crippen molar-refractivity contribution in [1.82, 2.24) is 4.98 Å². The molecule has 1 atom stereocenters. The van der Waals surface area contributed by atoms with Crippen LogP contribution >= 0.6 is 11.3 Å². The molecule has 3 rings (SSSR count). The van der Waals surface area contributed by atoms with Gasteiger partial charge in [0.05, 0.1) is 6.04 Å². The first-order chi connectivity index (χ1) is 9.65. The van der Waals surface area contributed by atoms with Crippen LogP contribution in [0.4, 0.5) is 0 Å². The number of thiazole rings is 1. The molecule has 100 valence electrons. The van der Waals surface area contributed by atoms with Gasteiger partial charge in [-0.3, -0.25) is 4.79 Å². The van der Waals surface area contributed by atoms with Crippen LogP contribution in [0.1, 0.15) is 34.0 Å². The molecule has 0 amide bonds. The quantitative estimate of drug-likeness (QED) is 0.747. The molecule has 0 bridgehead atoms. The molecule has 0 radical (unpaired) electrons. The van der Waals surface area contributed by atoms with Crippen molar-refractivity contribution >= 4 is 27.9 Å². The van der Waals surface area contributed by atoms with E-state index in [0.29, 0.717) is 11.3 Å². The van der Waals surface area contributed by atoms with Crippen LogP contribution in [0.3, 0.4) is 0 Å². The number of ketones is 1. The number of nitrogens with two attached hydrogens (primary N) is 1. The Hall–Kier alpha value is -2.04. The van der Waals surface area contributed by atoms with Crippen LogP contribution in [0.25, 0.3) is 10.8 Å². The van der Waals surface area contributed by atoms with Crippen LogP contribution in [-0.2, 0) is 0 Å². The maximum absolute atomic E-state index is 12.4. The lowest BCUT2D eigenvalue weighted by Gasteiger charge is -2.01. The first-order valence-electron chi connectivity index (χ1n) is 6.39. The van der Waals surface area contributed by atoms with Crippen molar-refractivity contribution in [3.05, 3.63) is 64.1 Å². The van der Waals surface area contributed by atoms with Gasteiger partial charge in [0.15, 0.2) is 0 Å². The van der Waals surface area contributed by atoms with Crippen LogP contribution in [0, 0.1) is 0 Å². The third-order valence-corrected chi connectivity index (χ3v) is 4.20. The molecule has 0 saturated carbocycles. The zero-order valence-corrected chi connectivity index (χ0v) is 11.9. The fraction of sp³-hybridized carbons (Fsp3) is 0.125. The van der Waals surface area contributed by atoms with Gasteiger partial charge >= 0.3 is 0 Å². The van der Waals surface area contributed by atoms with Crippen molar-refractivity contribution in [3.63, 3.8) is 0 Å².